The van der Waals surface area contributed by atoms with Gasteiger partial charge in [0.25, 0.3) is 0 Å². The first kappa shape index (κ1) is 24.8. The molecule has 2 N–H and O–H groups in total. The third kappa shape index (κ3) is 4.75. The third-order valence-electron chi connectivity index (χ3n) is 7.41. The van der Waals surface area contributed by atoms with Crippen LogP contribution in [0.5, 0.6) is 0 Å². The zero-order valence-corrected chi connectivity index (χ0v) is 21.4. The Morgan fingerprint density at radius 1 is 1.08 bits per heavy atom. The van der Waals surface area contributed by atoms with Gasteiger partial charge in [0, 0.05) is 75.1 Å². The molecule has 2 aromatic heterocycles. The largest absolute Gasteiger partial charge is 0.385 e. The molecule has 2 unspecified atom stereocenters. The Balaban J connectivity index is 1.19. The van der Waals surface area contributed by atoms with Gasteiger partial charge >= 0.3 is 0 Å². The zero-order chi connectivity index (χ0) is 27.1. The van der Waals surface area contributed by atoms with Gasteiger partial charge in [0.2, 0.25) is 0 Å². The van der Waals surface area contributed by atoms with Gasteiger partial charge in [0.1, 0.15) is 35.2 Å². The number of amidine groups is 1. The van der Waals surface area contributed by atoms with Crippen LogP contribution >= 0.6 is 0 Å². The fourth-order valence-electron chi connectivity index (χ4n) is 5.34. The number of hydrogen-bond donors (Lipinski definition) is 1. The van der Waals surface area contributed by atoms with Crippen molar-refractivity contribution in [3.63, 3.8) is 0 Å². The minimum atomic E-state index is -0.571. The topological polar surface area (TPSA) is 103 Å². The van der Waals surface area contributed by atoms with Crippen LogP contribution < -0.4 is 10.6 Å². The predicted octanol–water partition coefficient (Wildman–Crippen LogP) is 2.95. The number of aryl methyl sites for hydroxylation is 1. The summed E-state index contributed by atoms with van der Waals surface area (Å²) in [6.45, 7) is 3.23. The number of fused-ring (bicyclic) bond motifs is 1. The van der Waals surface area contributed by atoms with E-state index in [1.165, 1.54) is 12.1 Å². The van der Waals surface area contributed by atoms with Gasteiger partial charge in [-0.25, -0.2) is 13.8 Å². The average molecular weight is 528 g/mol. The normalized spacial score (nSPS) is 21.2. The highest BCUT2D eigenvalue weighted by Gasteiger charge is 2.41. The first-order valence-electron chi connectivity index (χ1n) is 12.7. The number of benzene rings is 1. The molecule has 0 amide bonds. The van der Waals surface area contributed by atoms with E-state index in [0.717, 1.165) is 47.2 Å². The number of rotatable bonds is 5. The van der Waals surface area contributed by atoms with Crippen LogP contribution in [0.1, 0.15) is 16.7 Å². The van der Waals surface area contributed by atoms with Crippen LogP contribution in [-0.2, 0) is 13.6 Å². The second-order valence-corrected chi connectivity index (χ2v) is 9.95. The number of allylic oxidation sites excluding steroid dienone is 2. The maximum absolute atomic E-state index is 14.1. The van der Waals surface area contributed by atoms with Gasteiger partial charge in [-0.3, -0.25) is 14.6 Å². The van der Waals surface area contributed by atoms with Gasteiger partial charge in [0.15, 0.2) is 0 Å². The molecule has 0 aliphatic carbocycles. The van der Waals surface area contributed by atoms with Crippen molar-refractivity contribution in [3.8, 4) is 6.07 Å². The first-order valence-corrected chi connectivity index (χ1v) is 12.7. The third-order valence-corrected chi connectivity index (χ3v) is 7.41. The summed E-state index contributed by atoms with van der Waals surface area (Å²) in [6, 6.07) is 9.52. The number of anilines is 1. The molecule has 2 atom stereocenters. The summed E-state index contributed by atoms with van der Waals surface area (Å²) >= 11 is 0. The van der Waals surface area contributed by atoms with E-state index in [-0.39, 0.29) is 17.7 Å². The first-order chi connectivity index (χ1) is 18.9. The van der Waals surface area contributed by atoms with E-state index in [9.17, 15) is 14.0 Å². The van der Waals surface area contributed by atoms with Crippen molar-refractivity contribution in [1.82, 2.24) is 24.7 Å². The molecule has 5 heterocycles. The molecule has 3 aromatic rings. The molecule has 0 saturated carbocycles. The number of nitrogens with zero attached hydrogens (tertiary/aromatic N) is 8. The fourth-order valence-corrected chi connectivity index (χ4v) is 5.34. The van der Waals surface area contributed by atoms with Crippen molar-refractivity contribution in [1.29, 1.82) is 5.26 Å². The minimum Gasteiger partial charge on any atom is -0.385 e. The highest BCUT2D eigenvalue weighted by atomic mass is 19.1. The van der Waals surface area contributed by atoms with Gasteiger partial charge in [-0.15, -0.1) is 0 Å². The van der Waals surface area contributed by atoms with E-state index in [4.69, 9.17) is 10.7 Å². The molecule has 0 bridgehead atoms. The van der Waals surface area contributed by atoms with Crippen LogP contribution in [0.4, 0.5) is 14.6 Å². The van der Waals surface area contributed by atoms with Crippen molar-refractivity contribution < 1.29 is 8.78 Å². The molecule has 0 spiro atoms. The lowest BCUT2D eigenvalue weighted by atomic mass is 9.86. The lowest BCUT2D eigenvalue weighted by molar-refractivity contribution is 0.245. The van der Waals surface area contributed by atoms with Gasteiger partial charge < -0.3 is 10.6 Å². The van der Waals surface area contributed by atoms with Crippen molar-refractivity contribution >= 4 is 22.8 Å². The van der Waals surface area contributed by atoms with Gasteiger partial charge in [-0.05, 0) is 47.5 Å². The molecule has 0 radical (unpaired) electrons. The molecule has 3 aliphatic rings. The molecule has 1 fully saturated rings. The summed E-state index contributed by atoms with van der Waals surface area (Å²) in [7, 11) is 1.86. The molecule has 6 rings (SSSR count). The van der Waals surface area contributed by atoms with E-state index in [2.05, 4.69) is 32.1 Å². The SMILES string of the molecule is Cn1cc(C2=CN3N=C(N)C(C#N)C3C(c3ccc(N4CCN(Cc5cc(F)ccc5F)CC4)nc3)=C2)cn1. The van der Waals surface area contributed by atoms with E-state index < -0.39 is 11.7 Å². The predicted molar refractivity (Wildman–Crippen MR) is 144 cm³/mol. The van der Waals surface area contributed by atoms with Crippen LogP contribution in [0.2, 0.25) is 0 Å². The maximum atomic E-state index is 14.1. The number of piperazine rings is 1. The van der Waals surface area contributed by atoms with Crippen molar-refractivity contribution in [3.05, 3.63) is 89.5 Å². The van der Waals surface area contributed by atoms with Crippen molar-refractivity contribution in [2.24, 2.45) is 23.8 Å². The maximum Gasteiger partial charge on any atom is 0.140 e. The van der Waals surface area contributed by atoms with Crippen LogP contribution in [-0.4, -0.2) is 62.7 Å². The number of hydrazone groups is 1. The number of aromatic nitrogens is 3. The summed E-state index contributed by atoms with van der Waals surface area (Å²) in [5.74, 6) is -0.260. The summed E-state index contributed by atoms with van der Waals surface area (Å²) in [5.41, 5.74) is 10.1. The number of nitrogens with two attached hydrogens (primary N) is 1. The highest BCUT2D eigenvalue weighted by Crippen LogP contribution is 2.39. The Bertz CT molecular complexity index is 1530. The standard InChI is InChI=1S/C28H27F2N9/c1-36-15-21(14-34-36)19-11-23(27-24(12-31)28(32)35-39(27)17-19)18-2-5-26(33-13-18)38-8-6-37(7-9-38)16-20-10-22(29)3-4-25(20)30/h2-5,10-11,13-15,17,24,27H,6-9,16H2,1H3,(H2,32,35). The van der Waals surface area contributed by atoms with Crippen molar-refractivity contribution in [2.45, 2.75) is 12.6 Å². The molecule has 198 valence electrons. The second-order valence-electron chi connectivity index (χ2n) is 9.95. The van der Waals surface area contributed by atoms with E-state index >= 15 is 0 Å². The summed E-state index contributed by atoms with van der Waals surface area (Å²) in [6.07, 6.45) is 9.48. The Kier molecular flexibility index (Phi) is 6.32. The quantitative estimate of drug-likeness (QED) is 0.544. The molecular formula is C28H27F2N9. The van der Waals surface area contributed by atoms with Gasteiger partial charge in [-0.1, -0.05) is 0 Å². The molecule has 1 saturated heterocycles. The van der Waals surface area contributed by atoms with Crippen LogP contribution in [0.25, 0.3) is 11.1 Å². The molecule has 1 aromatic carbocycles. The van der Waals surface area contributed by atoms with E-state index in [0.29, 0.717) is 25.2 Å². The Morgan fingerprint density at radius 2 is 1.90 bits per heavy atom. The number of pyridine rings is 1. The minimum absolute atomic E-state index is 0.289. The Morgan fingerprint density at radius 3 is 2.59 bits per heavy atom. The van der Waals surface area contributed by atoms with Gasteiger partial charge in [-0.2, -0.15) is 15.5 Å². The summed E-state index contributed by atoms with van der Waals surface area (Å²) in [4.78, 5) is 9.04. The summed E-state index contributed by atoms with van der Waals surface area (Å²) < 4.78 is 29.4. The summed E-state index contributed by atoms with van der Waals surface area (Å²) in [5, 5.41) is 20.3. The Labute approximate surface area is 224 Å². The Hall–Kier alpha value is -4.56. The van der Waals surface area contributed by atoms with Crippen LogP contribution in [0.3, 0.4) is 0 Å². The lowest BCUT2D eigenvalue weighted by Gasteiger charge is -2.35. The number of hydrogen-bond acceptors (Lipinski definition) is 8. The molecule has 9 nitrogen and oxygen atoms in total. The highest BCUT2D eigenvalue weighted by molar-refractivity contribution is 5.95. The average Bonchev–Trinajstić information content (AvgIpc) is 3.52. The molecular weight excluding hydrogens is 500 g/mol. The molecule has 39 heavy (non-hydrogen) atoms. The monoisotopic (exact) mass is 527 g/mol. The molecule has 11 heteroatoms. The van der Waals surface area contributed by atoms with Crippen LogP contribution in [0, 0.1) is 28.9 Å². The zero-order valence-electron chi connectivity index (χ0n) is 21.4. The van der Waals surface area contributed by atoms with E-state index in [1.807, 2.05) is 37.8 Å². The van der Waals surface area contributed by atoms with Gasteiger partial charge in [0.05, 0.1) is 12.3 Å². The lowest BCUT2D eigenvalue weighted by Crippen LogP contribution is -2.46. The van der Waals surface area contributed by atoms with E-state index in [1.54, 1.807) is 15.9 Å². The molecule has 3 aliphatic heterocycles. The number of halogens is 2. The smallest absolute Gasteiger partial charge is 0.140 e. The second kappa shape index (κ2) is 9.96. The number of nitriles is 1. The van der Waals surface area contributed by atoms with Crippen molar-refractivity contribution in [2.75, 3.05) is 31.1 Å². The van der Waals surface area contributed by atoms with Crippen LogP contribution in [0.15, 0.2) is 66.3 Å². The fraction of sp³-hybridized carbons (Fsp3) is 0.286.